The molecule has 0 fully saturated rings. The molecule has 1 heterocycles. The number of amides is 2. The van der Waals surface area contributed by atoms with Crippen LogP contribution in [0.5, 0.6) is 0 Å². The maximum absolute atomic E-state index is 11.6. The number of carboxylic acids is 1. The van der Waals surface area contributed by atoms with E-state index in [0.29, 0.717) is 32.3 Å². The number of carboxylic acid groups (broad SMARTS) is 1. The average molecular weight is 297 g/mol. The first-order valence-electron chi connectivity index (χ1n) is 6.85. The van der Waals surface area contributed by atoms with E-state index >= 15 is 0 Å². The molecule has 1 aliphatic rings. The lowest BCUT2D eigenvalue weighted by molar-refractivity contribution is -0.139. The van der Waals surface area contributed by atoms with Crippen molar-refractivity contribution < 1.29 is 29.0 Å². The molecule has 1 rings (SSSR count). The first-order chi connectivity index (χ1) is 10.0. The summed E-state index contributed by atoms with van der Waals surface area (Å²) in [6, 6.07) is 0. The Bertz CT molecular complexity index is 425. The van der Waals surface area contributed by atoms with Gasteiger partial charge in [0.2, 0.25) is 0 Å². The van der Waals surface area contributed by atoms with Gasteiger partial charge in [0, 0.05) is 38.1 Å². The van der Waals surface area contributed by atoms with Gasteiger partial charge in [0.15, 0.2) is 0 Å². The predicted octanol–water partition coefficient (Wildman–Crippen LogP) is 0.532. The van der Waals surface area contributed by atoms with Crippen LogP contribution in [0.1, 0.15) is 32.1 Å². The summed E-state index contributed by atoms with van der Waals surface area (Å²) in [4.78, 5) is 45.4. The Kier molecular flexibility index (Phi) is 7.31. The number of rotatable bonds is 11. The maximum atomic E-state index is 11.6. The molecule has 0 atom stereocenters. The Hall–Kier alpha value is -2.02. The van der Waals surface area contributed by atoms with E-state index in [1.165, 1.54) is 12.2 Å². The minimum Gasteiger partial charge on any atom is -0.481 e. The number of aliphatic carboxylic acids is 1. The standard InChI is InChI=1S/C14H19NO6/c16-11(4-2-9-21-10-7-14(19)20)3-1-8-15-12(17)5-6-13(15)18/h5-6H,1-4,7-10H2,(H,19,20). The van der Waals surface area contributed by atoms with Crippen molar-refractivity contribution in [1.29, 1.82) is 0 Å². The molecule has 0 saturated heterocycles. The number of ether oxygens (including phenoxy) is 1. The zero-order chi connectivity index (χ0) is 15.7. The monoisotopic (exact) mass is 297 g/mol. The smallest absolute Gasteiger partial charge is 0.305 e. The van der Waals surface area contributed by atoms with Gasteiger partial charge in [-0.3, -0.25) is 24.1 Å². The van der Waals surface area contributed by atoms with E-state index in [2.05, 4.69) is 0 Å². The second-order valence-electron chi connectivity index (χ2n) is 4.66. The number of nitrogens with zero attached hydrogens (tertiary/aromatic N) is 1. The Labute approximate surface area is 122 Å². The fourth-order valence-corrected chi connectivity index (χ4v) is 1.84. The quantitative estimate of drug-likeness (QED) is 0.441. The minimum absolute atomic E-state index is 0.0418. The molecule has 0 aromatic carbocycles. The predicted molar refractivity (Wildman–Crippen MR) is 72.4 cm³/mol. The third-order valence-electron chi connectivity index (χ3n) is 2.94. The summed E-state index contributed by atoms with van der Waals surface area (Å²) in [5, 5.41) is 8.39. The molecule has 0 aromatic heterocycles. The van der Waals surface area contributed by atoms with Crippen molar-refractivity contribution in [2.45, 2.75) is 32.1 Å². The van der Waals surface area contributed by atoms with Crippen LogP contribution in [0.15, 0.2) is 12.2 Å². The third-order valence-corrected chi connectivity index (χ3v) is 2.94. The molecule has 2 amide bonds. The lowest BCUT2D eigenvalue weighted by Gasteiger charge is -2.12. The van der Waals surface area contributed by atoms with Crippen molar-refractivity contribution in [2.24, 2.45) is 0 Å². The molecule has 7 nitrogen and oxygen atoms in total. The molecule has 0 spiro atoms. The number of ketones is 1. The summed E-state index contributed by atoms with van der Waals surface area (Å²) in [6.45, 7) is 0.757. The molecule has 0 unspecified atom stereocenters. The molecule has 7 heteroatoms. The minimum atomic E-state index is -0.911. The molecular weight excluding hydrogens is 278 g/mol. The summed E-state index contributed by atoms with van der Waals surface area (Å²) in [6.07, 6.45) is 4.07. The van der Waals surface area contributed by atoms with Gasteiger partial charge in [-0.15, -0.1) is 0 Å². The summed E-state index contributed by atoms with van der Waals surface area (Å²) < 4.78 is 5.07. The SMILES string of the molecule is O=C(O)CCOCCCC(=O)CCCN1C(=O)C=CC1=O. The van der Waals surface area contributed by atoms with E-state index in [4.69, 9.17) is 9.84 Å². The van der Waals surface area contributed by atoms with Gasteiger partial charge in [0.1, 0.15) is 5.78 Å². The molecule has 0 radical (unpaired) electrons. The lowest BCUT2D eigenvalue weighted by atomic mass is 10.1. The summed E-state index contributed by atoms with van der Waals surface area (Å²) in [7, 11) is 0. The average Bonchev–Trinajstić information content (AvgIpc) is 2.74. The van der Waals surface area contributed by atoms with E-state index in [1.54, 1.807) is 0 Å². The topological polar surface area (TPSA) is 101 Å². The Balaban J connectivity index is 2.00. The van der Waals surface area contributed by atoms with Crippen molar-refractivity contribution in [2.75, 3.05) is 19.8 Å². The fraction of sp³-hybridized carbons (Fsp3) is 0.571. The van der Waals surface area contributed by atoms with Crippen LogP contribution in [0, 0.1) is 0 Å². The summed E-state index contributed by atoms with van der Waals surface area (Å²) >= 11 is 0. The molecule has 0 saturated carbocycles. The first-order valence-corrected chi connectivity index (χ1v) is 6.85. The zero-order valence-electron chi connectivity index (χ0n) is 11.7. The van der Waals surface area contributed by atoms with E-state index in [1.807, 2.05) is 0 Å². The highest BCUT2D eigenvalue weighted by molar-refractivity contribution is 6.12. The van der Waals surface area contributed by atoms with Gasteiger partial charge in [-0.2, -0.15) is 0 Å². The van der Waals surface area contributed by atoms with Crippen molar-refractivity contribution in [3.05, 3.63) is 12.2 Å². The van der Waals surface area contributed by atoms with Crippen LogP contribution in [0.3, 0.4) is 0 Å². The van der Waals surface area contributed by atoms with Crippen LogP contribution < -0.4 is 0 Å². The number of imide groups is 1. The van der Waals surface area contributed by atoms with Crippen molar-refractivity contribution in [1.82, 2.24) is 4.90 Å². The second-order valence-corrected chi connectivity index (χ2v) is 4.66. The second kappa shape index (κ2) is 9.02. The molecule has 116 valence electrons. The largest absolute Gasteiger partial charge is 0.481 e. The van der Waals surface area contributed by atoms with Gasteiger partial charge in [0.25, 0.3) is 11.8 Å². The fourth-order valence-electron chi connectivity index (χ4n) is 1.84. The number of carbonyl (C=O) groups is 4. The normalized spacial score (nSPS) is 14.0. The van der Waals surface area contributed by atoms with Crippen molar-refractivity contribution in [3.8, 4) is 0 Å². The first kappa shape index (κ1) is 17.0. The molecule has 0 aromatic rings. The molecule has 1 N–H and O–H groups in total. The van der Waals surface area contributed by atoms with Gasteiger partial charge < -0.3 is 9.84 Å². The van der Waals surface area contributed by atoms with Gasteiger partial charge in [-0.05, 0) is 12.8 Å². The van der Waals surface area contributed by atoms with Gasteiger partial charge >= 0.3 is 5.97 Å². The van der Waals surface area contributed by atoms with Crippen LogP contribution in [0.2, 0.25) is 0 Å². The Morgan fingerprint density at radius 1 is 1.00 bits per heavy atom. The highest BCUT2D eigenvalue weighted by Crippen LogP contribution is 2.07. The Morgan fingerprint density at radius 3 is 2.24 bits per heavy atom. The van der Waals surface area contributed by atoms with E-state index in [0.717, 1.165) is 4.90 Å². The van der Waals surface area contributed by atoms with Crippen molar-refractivity contribution >= 4 is 23.6 Å². The van der Waals surface area contributed by atoms with Crippen molar-refractivity contribution in [3.63, 3.8) is 0 Å². The van der Waals surface area contributed by atoms with Gasteiger partial charge in [-0.1, -0.05) is 0 Å². The highest BCUT2D eigenvalue weighted by Gasteiger charge is 2.22. The number of hydrogen-bond donors (Lipinski definition) is 1. The van der Waals surface area contributed by atoms with E-state index in [-0.39, 0.29) is 37.2 Å². The third kappa shape index (κ3) is 6.80. The number of carbonyl (C=O) groups excluding carboxylic acids is 3. The van der Waals surface area contributed by atoms with E-state index in [9.17, 15) is 19.2 Å². The van der Waals surface area contributed by atoms with E-state index < -0.39 is 5.97 Å². The van der Waals surface area contributed by atoms with Gasteiger partial charge in [0.05, 0.1) is 13.0 Å². The Morgan fingerprint density at radius 2 is 1.62 bits per heavy atom. The zero-order valence-corrected chi connectivity index (χ0v) is 11.7. The lowest BCUT2D eigenvalue weighted by Crippen LogP contribution is -2.31. The van der Waals surface area contributed by atoms with Crippen LogP contribution in [-0.2, 0) is 23.9 Å². The molecule has 0 aliphatic carbocycles. The maximum Gasteiger partial charge on any atom is 0.305 e. The number of Topliss-reactive ketones (excluding diaryl/α,β-unsaturated/α-hetero) is 1. The van der Waals surface area contributed by atoms with Crippen LogP contribution >= 0.6 is 0 Å². The summed E-state index contributed by atoms with van der Waals surface area (Å²) in [5.74, 6) is -1.53. The number of hydrogen-bond acceptors (Lipinski definition) is 5. The molecule has 1 aliphatic heterocycles. The molecule has 21 heavy (non-hydrogen) atoms. The summed E-state index contributed by atoms with van der Waals surface area (Å²) in [5.41, 5.74) is 0. The van der Waals surface area contributed by atoms with Gasteiger partial charge in [-0.25, -0.2) is 0 Å². The van der Waals surface area contributed by atoms with Crippen LogP contribution in [0.4, 0.5) is 0 Å². The van der Waals surface area contributed by atoms with Crippen LogP contribution in [0.25, 0.3) is 0 Å². The highest BCUT2D eigenvalue weighted by atomic mass is 16.5. The molecular formula is C14H19NO6. The van der Waals surface area contributed by atoms with Crippen LogP contribution in [-0.4, -0.2) is 53.3 Å². The molecule has 0 bridgehead atoms.